The van der Waals surface area contributed by atoms with Crippen molar-refractivity contribution in [1.82, 2.24) is 9.97 Å². The van der Waals surface area contributed by atoms with Gasteiger partial charge in [-0.2, -0.15) is 0 Å². The number of rotatable bonds is 1. The molecule has 0 aliphatic rings. The summed E-state index contributed by atoms with van der Waals surface area (Å²) in [5, 5.41) is 0.530. The van der Waals surface area contributed by atoms with Gasteiger partial charge in [0.1, 0.15) is 0 Å². The van der Waals surface area contributed by atoms with Crippen molar-refractivity contribution in [2.24, 2.45) is 0 Å². The van der Waals surface area contributed by atoms with E-state index >= 15 is 0 Å². The number of H-pyrrole nitrogens is 1. The van der Waals surface area contributed by atoms with Crippen LogP contribution in [-0.2, 0) is 0 Å². The van der Waals surface area contributed by atoms with Gasteiger partial charge in [0, 0.05) is 6.20 Å². The van der Waals surface area contributed by atoms with Crippen molar-refractivity contribution >= 4 is 17.4 Å². The highest BCUT2D eigenvalue weighted by atomic mass is 32.2. The van der Waals surface area contributed by atoms with Crippen LogP contribution in [0, 0.1) is 6.57 Å². The molecular formula is C6H5N3OS. The first-order valence-corrected chi connectivity index (χ1v) is 4.01. The first-order valence-electron chi connectivity index (χ1n) is 2.78. The quantitative estimate of drug-likeness (QED) is 0.386. The Labute approximate surface area is 67.5 Å². The van der Waals surface area contributed by atoms with Crippen LogP contribution < -0.4 is 5.56 Å². The molecule has 56 valence electrons. The molecule has 0 spiro atoms. The van der Waals surface area contributed by atoms with Crippen molar-refractivity contribution in [2.45, 2.75) is 5.16 Å². The molecule has 0 radical (unpaired) electrons. The van der Waals surface area contributed by atoms with Crippen LogP contribution >= 0.6 is 11.8 Å². The molecule has 5 heteroatoms. The minimum absolute atomic E-state index is 0.0304. The van der Waals surface area contributed by atoms with E-state index in [1.807, 2.05) is 0 Å². The van der Waals surface area contributed by atoms with Crippen LogP contribution in [0.25, 0.3) is 4.85 Å². The molecule has 0 atom stereocenters. The summed E-state index contributed by atoms with van der Waals surface area (Å²) in [5.41, 5.74) is -0.345. The number of aromatic nitrogens is 2. The van der Waals surface area contributed by atoms with E-state index in [1.165, 1.54) is 18.0 Å². The van der Waals surface area contributed by atoms with E-state index in [1.54, 1.807) is 6.26 Å². The molecule has 0 bridgehead atoms. The molecule has 1 aromatic rings. The van der Waals surface area contributed by atoms with Crippen LogP contribution in [0.3, 0.4) is 0 Å². The van der Waals surface area contributed by atoms with E-state index in [9.17, 15) is 4.79 Å². The molecule has 11 heavy (non-hydrogen) atoms. The normalized spacial score (nSPS) is 9.09. The smallest absolute Gasteiger partial charge is 0.268 e. The van der Waals surface area contributed by atoms with Crippen LogP contribution in [0.2, 0.25) is 0 Å². The number of thioether (sulfide) groups is 1. The molecule has 1 N–H and O–H groups in total. The second-order valence-corrected chi connectivity index (χ2v) is 2.51. The van der Waals surface area contributed by atoms with Crippen LogP contribution in [0.4, 0.5) is 5.69 Å². The first kappa shape index (κ1) is 7.82. The third-order valence-electron chi connectivity index (χ3n) is 1.07. The average Bonchev–Trinajstić information content (AvgIpc) is 2.04. The highest BCUT2D eigenvalue weighted by Crippen LogP contribution is 2.07. The van der Waals surface area contributed by atoms with Gasteiger partial charge in [0.25, 0.3) is 11.2 Å². The lowest BCUT2D eigenvalue weighted by Crippen LogP contribution is -2.06. The molecule has 0 amide bonds. The summed E-state index contributed by atoms with van der Waals surface area (Å²) in [7, 11) is 0. The number of hydrogen-bond donors (Lipinski definition) is 1. The Kier molecular flexibility index (Phi) is 2.28. The molecule has 0 unspecified atom stereocenters. The van der Waals surface area contributed by atoms with Crippen molar-refractivity contribution < 1.29 is 0 Å². The lowest BCUT2D eigenvalue weighted by molar-refractivity contribution is 0.947. The van der Waals surface area contributed by atoms with Crippen molar-refractivity contribution in [3.05, 3.63) is 28.0 Å². The maximum Gasteiger partial charge on any atom is 0.268 e. The zero-order valence-corrected chi connectivity index (χ0v) is 6.60. The van der Waals surface area contributed by atoms with E-state index in [0.717, 1.165) is 0 Å². The van der Waals surface area contributed by atoms with Gasteiger partial charge in [-0.3, -0.25) is 4.79 Å². The maximum absolute atomic E-state index is 10.9. The molecule has 4 nitrogen and oxygen atoms in total. The molecule has 0 saturated carbocycles. The van der Waals surface area contributed by atoms with Gasteiger partial charge in [-0.1, -0.05) is 11.8 Å². The predicted molar refractivity (Wildman–Crippen MR) is 42.9 cm³/mol. The van der Waals surface area contributed by atoms with Gasteiger partial charge < -0.3 is 4.98 Å². The summed E-state index contributed by atoms with van der Waals surface area (Å²) in [5.74, 6) is 0. The Morgan fingerprint density at radius 2 is 2.55 bits per heavy atom. The van der Waals surface area contributed by atoms with Crippen LogP contribution in [0.5, 0.6) is 0 Å². The molecule has 1 heterocycles. The molecule has 1 aromatic heterocycles. The fraction of sp³-hybridized carbons (Fsp3) is 0.167. The Morgan fingerprint density at radius 3 is 3.00 bits per heavy atom. The molecule has 1 rings (SSSR count). The first-order chi connectivity index (χ1) is 5.27. The Bertz CT molecular complexity index is 352. The van der Waals surface area contributed by atoms with Gasteiger partial charge in [0.15, 0.2) is 5.16 Å². The third kappa shape index (κ3) is 1.59. The summed E-state index contributed by atoms with van der Waals surface area (Å²) in [6.45, 7) is 6.57. The van der Waals surface area contributed by atoms with Gasteiger partial charge in [0.05, 0.1) is 6.57 Å². The molecule has 0 fully saturated rings. The lowest BCUT2D eigenvalue weighted by Gasteiger charge is -1.92. The molecule has 0 aromatic carbocycles. The third-order valence-corrected chi connectivity index (χ3v) is 1.67. The van der Waals surface area contributed by atoms with Gasteiger partial charge in [0.2, 0.25) is 0 Å². The van der Waals surface area contributed by atoms with E-state index in [0.29, 0.717) is 5.16 Å². The molecule has 0 aliphatic carbocycles. The number of nitrogens with one attached hydrogen (secondary N) is 1. The van der Waals surface area contributed by atoms with Gasteiger partial charge in [-0.05, 0) is 6.26 Å². The second-order valence-electron chi connectivity index (χ2n) is 1.72. The largest absolute Gasteiger partial charge is 0.311 e. The van der Waals surface area contributed by atoms with Crippen molar-refractivity contribution in [2.75, 3.05) is 6.26 Å². The molecular weight excluding hydrogens is 162 g/mol. The minimum Gasteiger partial charge on any atom is -0.311 e. The maximum atomic E-state index is 10.9. The highest BCUT2D eigenvalue weighted by Gasteiger charge is 1.98. The fourth-order valence-corrected chi connectivity index (χ4v) is 0.908. The lowest BCUT2D eigenvalue weighted by atomic mass is 10.5. The van der Waals surface area contributed by atoms with Gasteiger partial charge >= 0.3 is 0 Å². The minimum atomic E-state index is -0.376. The summed E-state index contributed by atoms with van der Waals surface area (Å²) in [4.78, 5) is 20.2. The van der Waals surface area contributed by atoms with Gasteiger partial charge in [-0.15, -0.1) is 0 Å². The monoisotopic (exact) mass is 167 g/mol. The zero-order chi connectivity index (χ0) is 8.27. The van der Waals surface area contributed by atoms with E-state index in [2.05, 4.69) is 14.8 Å². The molecule has 0 saturated heterocycles. The summed E-state index contributed by atoms with van der Waals surface area (Å²) >= 11 is 1.33. The molecule has 0 aliphatic heterocycles. The summed E-state index contributed by atoms with van der Waals surface area (Å²) < 4.78 is 0. The zero-order valence-electron chi connectivity index (χ0n) is 5.79. The SMILES string of the molecule is [C-]#[N+]c1cnc(SC)[nH]c1=O. The fourth-order valence-electron chi connectivity index (χ4n) is 0.555. The highest BCUT2D eigenvalue weighted by molar-refractivity contribution is 7.98. The number of hydrogen-bond acceptors (Lipinski definition) is 3. The van der Waals surface area contributed by atoms with Crippen molar-refractivity contribution in [3.63, 3.8) is 0 Å². The van der Waals surface area contributed by atoms with Crippen LogP contribution in [0.15, 0.2) is 16.1 Å². The number of nitrogens with zero attached hydrogens (tertiary/aromatic N) is 2. The van der Waals surface area contributed by atoms with Crippen molar-refractivity contribution in [1.29, 1.82) is 0 Å². The average molecular weight is 167 g/mol. The Balaban J connectivity index is 3.23. The van der Waals surface area contributed by atoms with Crippen molar-refractivity contribution in [3.8, 4) is 0 Å². The second kappa shape index (κ2) is 3.21. The Morgan fingerprint density at radius 1 is 1.82 bits per heavy atom. The number of aromatic amines is 1. The van der Waals surface area contributed by atoms with E-state index in [-0.39, 0.29) is 11.2 Å². The Hall–Kier alpha value is -1.28. The summed E-state index contributed by atoms with van der Waals surface area (Å²) in [6, 6.07) is 0. The van der Waals surface area contributed by atoms with Gasteiger partial charge in [-0.25, -0.2) is 9.83 Å². The summed E-state index contributed by atoms with van der Waals surface area (Å²) in [6.07, 6.45) is 3.08. The van der Waals surface area contributed by atoms with Crippen LogP contribution in [-0.4, -0.2) is 16.2 Å². The predicted octanol–water partition coefficient (Wildman–Crippen LogP) is 1.04. The standard InChI is InChI=1S/C6H5N3OS/c1-7-4-3-8-6(11-2)9-5(4)10/h3H,2H3,(H,8,9,10). The van der Waals surface area contributed by atoms with E-state index in [4.69, 9.17) is 6.57 Å². The van der Waals surface area contributed by atoms with Crippen LogP contribution in [0.1, 0.15) is 0 Å². The van der Waals surface area contributed by atoms with E-state index < -0.39 is 0 Å². The topological polar surface area (TPSA) is 50.1 Å².